The van der Waals surface area contributed by atoms with Crippen LogP contribution < -0.4 is 5.32 Å². The number of rotatable bonds is 23. The van der Waals surface area contributed by atoms with Crippen LogP contribution in [0.25, 0.3) is 0 Å². The minimum absolute atomic E-state index is 0.0407. The second-order valence-electron chi connectivity index (χ2n) is 8.41. The quantitative estimate of drug-likeness (QED) is 0.214. The third-order valence-corrected chi connectivity index (χ3v) is 5.49. The van der Waals surface area contributed by atoms with Crippen molar-refractivity contribution in [2.75, 3.05) is 46.0 Å². The van der Waals surface area contributed by atoms with Crippen molar-refractivity contribution in [1.82, 2.24) is 10.2 Å². The topological polar surface area (TPSA) is 82.0 Å². The summed E-state index contributed by atoms with van der Waals surface area (Å²) in [5.41, 5.74) is 0. The average Bonchev–Trinajstić information content (AvgIpc) is 2.73. The molecule has 180 valence electrons. The number of ether oxygens (including phenoxy) is 1. The van der Waals surface area contributed by atoms with E-state index < -0.39 is 0 Å². The Bertz CT molecular complexity index is 363. The standard InChI is InChI=1S/C24H50N2O4/c1-3-4-5-6-7-8-9-10-11-12-13-14-15-24(29)25-22-23(2)30-21-18-26(16-19-27)17-20-28/h23,27-28H,3-22H2,1-2H3,(H,25,29). The molecular weight excluding hydrogens is 380 g/mol. The van der Waals surface area contributed by atoms with Crippen molar-refractivity contribution in [2.24, 2.45) is 0 Å². The van der Waals surface area contributed by atoms with Crippen LogP contribution in [0.2, 0.25) is 0 Å². The summed E-state index contributed by atoms with van der Waals surface area (Å²) in [5, 5.41) is 20.9. The van der Waals surface area contributed by atoms with E-state index in [2.05, 4.69) is 12.2 Å². The van der Waals surface area contributed by atoms with Gasteiger partial charge in [0.2, 0.25) is 5.91 Å². The van der Waals surface area contributed by atoms with Gasteiger partial charge in [0.25, 0.3) is 0 Å². The Morgan fingerprint density at radius 1 is 0.833 bits per heavy atom. The molecule has 3 N–H and O–H groups in total. The number of nitrogens with zero attached hydrogens (tertiary/aromatic N) is 1. The van der Waals surface area contributed by atoms with Crippen molar-refractivity contribution in [2.45, 2.75) is 103 Å². The number of aliphatic hydroxyl groups excluding tert-OH is 2. The number of hydrogen-bond donors (Lipinski definition) is 3. The van der Waals surface area contributed by atoms with Gasteiger partial charge in [-0.05, 0) is 13.3 Å². The minimum atomic E-state index is -0.0407. The van der Waals surface area contributed by atoms with Crippen molar-refractivity contribution >= 4 is 5.91 Å². The van der Waals surface area contributed by atoms with E-state index >= 15 is 0 Å². The molecule has 1 atom stereocenters. The molecule has 0 aliphatic rings. The van der Waals surface area contributed by atoms with E-state index in [9.17, 15) is 4.79 Å². The van der Waals surface area contributed by atoms with E-state index in [-0.39, 0.29) is 25.2 Å². The number of carbonyl (C=O) groups is 1. The molecule has 0 heterocycles. The Labute approximate surface area is 185 Å². The Morgan fingerprint density at radius 2 is 1.33 bits per heavy atom. The Morgan fingerprint density at radius 3 is 1.83 bits per heavy atom. The number of hydrogen-bond acceptors (Lipinski definition) is 5. The largest absolute Gasteiger partial charge is 0.395 e. The van der Waals surface area contributed by atoms with E-state index in [1.54, 1.807) is 0 Å². The molecule has 30 heavy (non-hydrogen) atoms. The Hall–Kier alpha value is -0.690. The van der Waals surface area contributed by atoms with Crippen LogP contribution in [-0.4, -0.2) is 73.1 Å². The number of amides is 1. The van der Waals surface area contributed by atoms with Gasteiger partial charge in [-0.2, -0.15) is 0 Å². The summed E-state index contributed by atoms with van der Waals surface area (Å²) in [5.74, 6) is 0.111. The molecule has 1 amide bonds. The summed E-state index contributed by atoms with van der Waals surface area (Å²) >= 11 is 0. The molecule has 0 fully saturated rings. The lowest BCUT2D eigenvalue weighted by Gasteiger charge is -2.21. The molecule has 0 aromatic heterocycles. The van der Waals surface area contributed by atoms with Crippen LogP contribution >= 0.6 is 0 Å². The fraction of sp³-hybridized carbons (Fsp3) is 0.958. The maximum atomic E-state index is 12.0. The van der Waals surface area contributed by atoms with Crippen molar-refractivity contribution in [3.8, 4) is 0 Å². The summed E-state index contributed by atoms with van der Waals surface area (Å²) in [6.07, 6.45) is 16.2. The van der Waals surface area contributed by atoms with Gasteiger partial charge in [0.1, 0.15) is 0 Å². The van der Waals surface area contributed by atoms with Crippen LogP contribution in [0.5, 0.6) is 0 Å². The van der Waals surface area contributed by atoms with Crippen LogP contribution in [0.3, 0.4) is 0 Å². The molecule has 0 spiro atoms. The molecule has 0 saturated carbocycles. The van der Waals surface area contributed by atoms with Gasteiger partial charge in [0.15, 0.2) is 0 Å². The minimum Gasteiger partial charge on any atom is -0.395 e. The van der Waals surface area contributed by atoms with E-state index in [1.807, 2.05) is 11.8 Å². The molecule has 0 saturated heterocycles. The van der Waals surface area contributed by atoms with Gasteiger partial charge in [0, 0.05) is 32.6 Å². The molecule has 0 aromatic rings. The molecule has 0 aromatic carbocycles. The zero-order chi connectivity index (χ0) is 22.3. The van der Waals surface area contributed by atoms with Gasteiger partial charge >= 0.3 is 0 Å². The zero-order valence-corrected chi connectivity index (χ0v) is 19.9. The molecule has 6 nitrogen and oxygen atoms in total. The van der Waals surface area contributed by atoms with Gasteiger partial charge in [-0.15, -0.1) is 0 Å². The number of carbonyl (C=O) groups excluding carboxylic acids is 1. The first-order valence-corrected chi connectivity index (χ1v) is 12.5. The molecule has 0 radical (unpaired) electrons. The number of nitrogens with one attached hydrogen (secondary N) is 1. The molecule has 0 aliphatic heterocycles. The predicted octanol–water partition coefficient (Wildman–Crippen LogP) is 3.89. The summed E-state index contributed by atoms with van der Waals surface area (Å²) in [7, 11) is 0. The van der Waals surface area contributed by atoms with Crippen LogP contribution in [0.4, 0.5) is 0 Å². The van der Waals surface area contributed by atoms with Crippen molar-refractivity contribution < 1.29 is 19.7 Å². The molecular formula is C24H50N2O4. The summed E-state index contributed by atoms with van der Waals surface area (Å²) < 4.78 is 5.71. The fourth-order valence-electron chi connectivity index (χ4n) is 3.53. The van der Waals surface area contributed by atoms with E-state index in [0.29, 0.717) is 39.2 Å². The van der Waals surface area contributed by atoms with Crippen LogP contribution in [0, 0.1) is 0 Å². The number of aliphatic hydroxyl groups is 2. The lowest BCUT2D eigenvalue weighted by Crippen LogP contribution is -2.36. The highest BCUT2D eigenvalue weighted by molar-refractivity contribution is 5.75. The van der Waals surface area contributed by atoms with Gasteiger partial charge < -0.3 is 20.3 Å². The maximum Gasteiger partial charge on any atom is 0.220 e. The molecule has 6 heteroatoms. The monoisotopic (exact) mass is 430 g/mol. The average molecular weight is 431 g/mol. The lowest BCUT2D eigenvalue weighted by molar-refractivity contribution is -0.121. The van der Waals surface area contributed by atoms with E-state index in [0.717, 1.165) is 12.8 Å². The van der Waals surface area contributed by atoms with Gasteiger partial charge in [-0.3, -0.25) is 9.69 Å². The molecule has 0 aliphatic carbocycles. The summed E-state index contributed by atoms with van der Waals surface area (Å²) in [6.45, 7) is 7.15. The highest BCUT2D eigenvalue weighted by Crippen LogP contribution is 2.12. The van der Waals surface area contributed by atoms with Crippen molar-refractivity contribution in [3.05, 3.63) is 0 Å². The normalized spacial score (nSPS) is 12.4. The van der Waals surface area contributed by atoms with Gasteiger partial charge in [-0.1, -0.05) is 77.6 Å². The third kappa shape index (κ3) is 20.6. The molecule has 1 unspecified atom stereocenters. The first kappa shape index (κ1) is 29.3. The van der Waals surface area contributed by atoms with Crippen LogP contribution in [0.15, 0.2) is 0 Å². The third-order valence-electron chi connectivity index (χ3n) is 5.49. The molecule has 0 rings (SSSR count). The predicted molar refractivity (Wildman–Crippen MR) is 125 cm³/mol. The maximum absolute atomic E-state index is 12.0. The summed E-state index contributed by atoms with van der Waals surface area (Å²) in [6, 6.07) is 0. The van der Waals surface area contributed by atoms with Gasteiger partial charge in [0.05, 0.1) is 25.9 Å². The molecule has 0 bridgehead atoms. The Balaban J connectivity index is 3.45. The summed E-state index contributed by atoms with van der Waals surface area (Å²) in [4.78, 5) is 13.9. The van der Waals surface area contributed by atoms with Crippen LogP contribution in [0.1, 0.15) is 97.3 Å². The van der Waals surface area contributed by atoms with Crippen molar-refractivity contribution in [3.63, 3.8) is 0 Å². The first-order chi connectivity index (χ1) is 14.6. The van der Waals surface area contributed by atoms with Gasteiger partial charge in [-0.25, -0.2) is 0 Å². The second-order valence-corrected chi connectivity index (χ2v) is 8.41. The smallest absolute Gasteiger partial charge is 0.220 e. The highest BCUT2D eigenvalue weighted by Gasteiger charge is 2.08. The second kappa shape index (κ2) is 23.0. The lowest BCUT2D eigenvalue weighted by atomic mass is 10.0. The Kier molecular flexibility index (Phi) is 22.5. The van der Waals surface area contributed by atoms with Crippen molar-refractivity contribution in [1.29, 1.82) is 0 Å². The zero-order valence-electron chi connectivity index (χ0n) is 19.9. The first-order valence-electron chi connectivity index (χ1n) is 12.5. The van der Waals surface area contributed by atoms with E-state index in [4.69, 9.17) is 14.9 Å². The highest BCUT2D eigenvalue weighted by atomic mass is 16.5. The fourth-order valence-corrected chi connectivity index (χ4v) is 3.53. The van der Waals surface area contributed by atoms with E-state index in [1.165, 1.54) is 64.2 Å². The SMILES string of the molecule is CCCCCCCCCCCCCCC(=O)NCC(C)OCCN(CCO)CCO. The van der Waals surface area contributed by atoms with Crippen LogP contribution in [-0.2, 0) is 9.53 Å². The number of unbranched alkanes of at least 4 members (excludes halogenated alkanes) is 11.